The molecule has 0 aliphatic carbocycles. The molecule has 0 aromatic heterocycles. The summed E-state index contributed by atoms with van der Waals surface area (Å²) in [5.41, 5.74) is -0.0158. The van der Waals surface area contributed by atoms with Gasteiger partial charge in [0.1, 0.15) is 17.8 Å². The summed E-state index contributed by atoms with van der Waals surface area (Å²) < 4.78 is 19.3. The molecular weight excluding hydrogens is 802 g/mol. The summed E-state index contributed by atoms with van der Waals surface area (Å²) in [6.07, 6.45) is 0.900. The van der Waals surface area contributed by atoms with Crippen molar-refractivity contribution in [3.63, 3.8) is 0 Å². The van der Waals surface area contributed by atoms with Crippen LogP contribution in [0.1, 0.15) is 18.4 Å². The van der Waals surface area contributed by atoms with Crippen molar-refractivity contribution in [2.75, 3.05) is 26.8 Å². The van der Waals surface area contributed by atoms with Crippen molar-refractivity contribution in [3.05, 3.63) is 85.6 Å². The topological polar surface area (TPSA) is 145 Å². The summed E-state index contributed by atoms with van der Waals surface area (Å²) in [6.45, 7) is 0.833. The van der Waals surface area contributed by atoms with E-state index >= 15 is 0 Å². The van der Waals surface area contributed by atoms with E-state index in [0.717, 1.165) is 5.56 Å². The van der Waals surface area contributed by atoms with E-state index in [9.17, 15) is 19.5 Å². The average Bonchev–Trinajstić information content (AvgIpc) is 3.37. The average molecular weight is 825 g/mol. The van der Waals surface area contributed by atoms with E-state index in [2.05, 4.69) is 79.2 Å². The number of oxime groups is 1. The second-order valence-corrected chi connectivity index (χ2v) is 12.4. The molecule has 1 spiro atoms. The number of carbonyl (C=O) groups excluding carboxylic acids is 1. The highest BCUT2D eigenvalue weighted by Crippen LogP contribution is 2.41. The van der Waals surface area contributed by atoms with Gasteiger partial charge in [-0.3, -0.25) is 19.4 Å². The van der Waals surface area contributed by atoms with Crippen LogP contribution in [0.2, 0.25) is 0 Å². The molecule has 2 aliphatic rings. The number of hydrogen-bond donors (Lipinski definition) is 2. The second kappa shape index (κ2) is 13.8. The molecule has 2 aliphatic heterocycles. The van der Waals surface area contributed by atoms with Crippen LogP contribution in [0.4, 0.5) is 0 Å². The number of carbonyl (C=O) groups is 1. The molecule has 0 saturated carbocycles. The zero-order valence-electron chi connectivity index (χ0n) is 21.4. The lowest BCUT2D eigenvalue weighted by Gasteiger charge is -2.27. The third-order valence-electron chi connectivity index (χ3n) is 6.07. The van der Waals surface area contributed by atoms with E-state index in [1.807, 2.05) is 12.1 Å². The van der Waals surface area contributed by atoms with Gasteiger partial charge in [-0.2, -0.15) is 0 Å². The van der Waals surface area contributed by atoms with Crippen molar-refractivity contribution in [3.8, 4) is 5.75 Å². The Hall–Kier alpha value is -2.33. The molecule has 218 valence electrons. The summed E-state index contributed by atoms with van der Waals surface area (Å²) in [4.78, 5) is 45.5. The van der Waals surface area contributed by atoms with E-state index in [-0.39, 0.29) is 41.5 Å². The molecule has 0 bridgehead atoms. The summed E-state index contributed by atoms with van der Waals surface area (Å²) in [6, 6.07) is 6.20. The maximum Gasteiger partial charge on any atom is 0.311 e. The number of rotatable bonds is 10. The van der Waals surface area contributed by atoms with Crippen molar-refractivity contribution in [1.82, 2.24) is 5.32 Å². The Labute approximate surface area is 267 Å². The monoisotopic (exact) mass is 821 g/mol. The van der Waals surface area contributed by atoms with Crippen LogP contribution in [0.3, 0.4) is 0 Å². The second-order valence-electron chi connectivity index (χ2n) is 8.87. The van der Waals surface area contributed by atoms with Gasteiger partial charge in [-0.15, -0.1) is 0 Å². The van der Waals surface area contributed by atoms with E-state index in [1.54, 1.807) is 0 Å². The van der Waals surface area contributed by atoms with Crippen LogP contribution in [0.25, 0.3) is 0 Å². The van der Waals surface area contributed by atoms with Crippen LogP contribution in [-0.2, 0) is 25.5 Å². The smallest absolute Gasteiger partial charge is 0.311 e. The van der Waals surface area contributed by atoms with Crippen LogP contribution in [0.5, 0.6) is 5.75 Å². The fourth-order valence-electron chi connectivity index (χ4n) is 4.01. The highest BCUT2D eigenvalue weighted by atomic mass is 79.9. The predicted octanol–water partition coefficient (Wildman–Crippen LogP) is 3.19. The Kier molecular flexibility index (Phi) is 10.6. The number of aliphatic hydroxyl groups is 1. The summed E-state index contributed by atoms with van der Waals surface area (Å²) in [5.74, 6) is -1.16. The zero-order chi connectivity index (χ0) is 29.7. The van der Waals surface area contributed by atoms with Crippen LogP contribution < -0.4 is 26.3 Å². The number of aliphatic hydroxyl groups excluding tert-OH is 1. The number of nitrogens with zero attached hydrogens (tertiary/aromatic N) is 2. The van der Waals surface area contributed by atoms with Crippen LogP contribution in [0.15, 0.2) is 73.9 Å². The lowest BCUT2D eigenvalue weighted by atomic mass is 10.0. The molecule has 2 heterocycles. The highest BCUT2D eigenvalue weighted by molar-refractivity contribution is 9.12. The number of methoxy groups -OCH3 is 1. The van der Waals surface area contributed by atoms with Gasteiger partial charge in [-0.1, -0.05) is 21.1 Å². The summed E-state index contributed by atoms with van der Waals surface area (Å²) in [7, 11) is 1.49. The minimum absolute atomic E-state index is 0.0363. The number of ether oxygens (including phenoxy) is 3. The zero-order valence-corrected chi connectivity index (χ0v) is 27.8. The Morgan fingerprint density at radius 1 is 1.20 bits per heavy atom. The van der Waals surface area contributed by atoms with Crippen molar-refractivity contribution >= 4 is 75.3 Å². The number of benzene rings is 1. The SMILES string of the molecule is COC1=C(Br)CC2(OC=C1Br)ON=C(C(=O)NCCCOc1c(Br)cc(CCN=c3c(=O)ccc3=O)cc1Br)C2O. The molecule has 11 nitrogen and oxygen atoms in total. The van der Waals surface area contributed by atoms with Gasteiger partial charge in [0, 0.05) is 17.6 Å². The summed E-state index contributed by atoms with van der Waals surface area (Å²) >= 11 is 13.7. The first kappa shape index (κ1) is 31.6. The van der Waals surface area contributed by atoms with Crippen molar-refractivity contribution < 1.29 is 28.9 Å². The molecule has 0 radical (unpaired) electrons. The minimum atomic E-state index is -1.62. The van der Waals surface area contributed by atoms with Gasteiger partial charge in [0.05, 0.1) is 33.6 Å². The molecular formula is C26H23Br4N3O8. The number of allylic oxidation sites excluding steroid dienone is 1. The van der Waals surface area contributed by atoms with Gasteiger partial charge in [0.25, 0.3) is 5.91 Å². The van der Waals surface area contributed by atoms with Gasteiger partial charge in [0.2, 0.25) is 10.9 Å². The highest BCUT2D eigenvalue weighted by Gasteiger charge is 2.54. The Morgan fingerprint density at radius 2 is 1.88 bits per heavy atom. The molecule has 2 aromatic rings. The molecule has 2 unspecified atom stereocenters. The first-order valence-corrected chi connectivity index (χ1v) is 15.3. The van der Waals surface area contributed by atoms with Gasteiger partial charge in [-0.05, 0) is 90.5 Å². The van der Waals surface area contributed by atoms with E-state index in [4.69, 9.17) is 19.0 Å². The van der Waals surface area contributed by atoms with Gasteiger partial charge in [-0.25, -0.2) is 0 Å². The predicted molar refractivity (Wildman–Crippen MR) is 163 cm³/mol. The number of halogens is 4. The van der Waals surface area contributed by atoms with Crippen LogP contribution >= 0.6 is 63.7 Å². The van der Waals surface area contributed by atoms with E-state index < -0.39 is 17.8 Å². The van der Waals surface area contributed by atoms with E-state index in [0.29, 0.717) is 48.8 Å². The van der Waals surface area contributed by atoms with Crippen molar-refractivity contribution in [1.29, 1.82) is 0 Å². The number of nitrogens with one attached hydrogen (secondary N) is 1. The van der Waals surface area contributed by atoms with Gasteiger partial charge < -0.3 is 29.5 Å². The molecule has 0 saturated heterocycles. The molecule has 41 heavy (non-hydrogen) atoms. The fourth-order valence-corrected chi connectivity index (χ4v) is 7.05. The maximum atomic E-state index is 12.7. The quantitative estimate of drug-likeness (QED) is 0.348. The first-order chi connectivity index (χ1) is 19.6. The third-order valence-corrected chi connectivity index (χ3v) is 8.44. The lowest BCUT2D eigenvalue weighted by molar-refractivity contribution is -0.225. The van der Waals surface area contributed by atoms with Gasteiger partial charge >= 0.3 is 5.79 Å². The first-order valence-electron chi connectivity index (χ1n) is 12.2. The summed E-state index contributed by atoms with van der Waals surface area (Å²) in [5, 5.41) is 17.3. The molecule has 2 N–H and O–H groups in total. The van der Waals surface area contributed by atoms with Crippen LogP contribution in [0, 0.1) is 0 Å². The maximum absolute atomic E-state index is 12.7. The molecule has 0 fully saturated rings. The molecule has 2 aromatic carbocycles. The Balaban J connectivity index is 1.25. The number of amides is 1. The van der Waals surface area contributed by atoms with Crippen molar-refractivity contribution in [2.45, 2.75) is 31.2 Å². The van der Waals surface area contributed by atoms with Crippen LogP contribution in [-0.4, -0.2) is 55.4 Å². The normalized spacial score (nSPS) is 20.1. The fraction of sp³-hybridized carbons (Fsp3) is 0.346. The largest absolute Gasteiger partial charge is 0.495 e. The Bertz CT molecular complexity index is 1530. The van der Waals surface area contributed by atoms with E-state index in [1.165, 1.54) is 25.5 Å². The molecule has 1 amide bonds. The minimum Gasteiger partial charge on any atom is -0.495 e. The lowest BCUT2D eigenvalue weighted by Crippen LogP contribution is -2.49. The Morgan fingerprint density at radius 3 is 2.54 bits per heavy atom. The third kappa shape index (κ3) is 7.19. The van der Waals surface area contributed by atoms with Crippen molar-refractivity contribution in [2.24, 2.45) is 10.1 Å². The molecule has 2 atom stereocenters. The van der Waals surface area contributed by atoms with Gasteiger partial charge in [0.15, 0.2) is 17.2 Å². The number of hydrogen-bond acceptors (Lipinski definition) is 10. The molecule has 4 rings (SSSR count). The standard InChI is InChI=1S/C26H23Br4N3O8/c1-38-22-16(29)11-26(40-12-17(22)30)24(36)21(33-41-26)25(37)32-6-2-8-39-23-14(27)9-13(10-15(23)28)5-7-31-20-18(34)3-4-19(20)35/h3-4,9-10,12,24,36H,2,5-8,11H2,1H3,(H,32,37). The molecule has 15 heteroatoms.